The zero-order valence-corrected chi connectivity index (χ0v) is 8.43. The predicted molar refractivity (Wildman–Crippen MR) is 55.5 cm³/mol. The summed E-state index contributed by atoms with van der Waals surface area (Å²) in [5.41, 5.74) is 5.12. The Morgan fingerprint density at radius 3 is 2.43 bits per heavy atom. The molecule has 1 aromatic heterocycles. The summed E-state index contributed by atoms with van der Waals surface area (Å²) in [4.78, 5) is 1.21. The van der Waals surface area contributed by atoms with Gasteiger partial charge < -0.3 is 5.73 Å². The van der Waals surface area contributed by atoms with Crippen molar-refractivity contribution in [1.29, 1.82) is 0 Å². The summed E-state index contributed by atoms with van der Waals surface area (Å²) in [6, 6.07) is 10.7. The zero-order chi connectivity index (χ0) is 9.97. The molecule has 0 saturated carbocycles. The summed E-state index contributed by atoms with van der Waals surface area (Å²) in [5.74, 6) is -0.202. The number of halogens is 1. The summed E-state index contributed by atoms with van der Waals surface area (Å²) in [6.45, 7) is 0. The molecular formula is C11H11FNS+. The molecule has 3 N–H and O–H groups in total. The van der Waals surface area contributed by atoms with Crippen molar-refractivity contribution in [3.05, 3.63) is 58.0 Å². The lowest BCUT2D eigenvalue weighted by molar-refractivity contribution is -0.410. The van der Waals surface area contributed by atoms with Crippen molar-refractivity contribution >= 4 is 11.3 Å². The monoisotopic (exact) mass is 208 g/mol. The third kappa shape index (κ3) is 1.84. The molecule has 3 heteroatoms. The van der Waals surface area contributed by atoms with Gasteiger partial charge in [0.25, 0.3) is 0 Å². The highest BCUT2D eigenvalue weighted by Gasteiger charge is 2.12. The van der Waals surface area contributed by atoms with E-state index in [9.17, 15) is 4.39 Å². The van der Waals surface area contributed by atoms with Gasteiger partial charge in [-0.2, -0.15) is 0 Å². The number of benzene rings is 1. The molecule has 0 saturated heterocycles. The topological polar surface area (TPSA) is 27.6 Å². The molecule has 0 aliphatic heterocycles. The molecule has 0 fully saturated rings. The van der Waals surface area contributed by atoms with Gasteiger partial charge in [0.1, 0.15) is 11.9 Å². The van der Waals surface area contributed by atoms with Crippen molar-refractivity contribution in [2.45, 2.75) is 6.04 Å². The van der Waals surface area contributed by atoms with Gasteiger partial charge in [-0.05, 0) is 35.7 Å². The van der Waals surface area contributed by atoms with Crippen molar-refractivity contribution in [2.24, 2.45) is 0 Å². The van der Waals surface area contributed by atoms with Crippen molar-refractivity contribution in [3.8, 4) is 0 Å². The van der Waals surface area contributed by atoms with Crippen molar-refractivity contribution in [1.82, 2.24) is 0 Å². The largest absolute Gasteiger partial charge is 0.347 e. The van der Waals surface area contributed by atoms with Crippen LogP contribution in [0.15, 0.2) is 41.8 Å². The number of rotatable bonds is 2. The summed E-state index contributed by atoms with van der Waals surface area (Å²) in [6.07, 6.45) is 0. The molecule has 1 nitrogen and oxygen atoms in total. The van der Waals surface area contributed by atoms with Crippen LogP contribution in [0.5, 0.6) is 0 Å². The third-order valence-corrected chi connectivity index (χ3v) is 3.14. The molecule has 0 aliphatic rings. The molecule has 0 amide bonds. The summed E-state index contributed by atoms with van der Waals surface area (Å²) in [7, 11) is 0. The first-order chi connectivity index (χ1) is 6.77. The summed E-state index contributed by atoms with van der Waals surface area (Å²) in [5, 5.41) is 2.02. The van der Waals surface area contributed by atoms with Crippen LogP contribution in [-0.2, 0) is 0 Å². The van der Waals surface area contributed by atoms with Crippen LogP contribution in [0.25, 0.3) is 0 Å². The molecule has 14 heavy (non-hydrogen) atoms. The van der Waals surface area contributed by atoms with Crippen molar-refractivity contribution in [3.63, 3.8) is 0 Å². The molecule has 1 heterocycles. The lowest BCUT2D eigenvalue weighted by Crippen LogP contribution is -2.53. The molecule has 0 radical (unpaired) electrons. The van der Waals surface area contributed by atoms with E-state index in [2.05, 4.69) is 5.73 Å². The van der Waals surface area contributed by atoms with E-state index in [0.717, 1.165) is 5.56 Å². The number of thiophene rings is 1. The molecule has 2 rings (SSSR count). The van der Waals surface area contributed by atoms with Gasteiger partial charge in [-0.1, -0.05) is 6.07 Å². The highest BCUT2D eigenvalue weighted by molar-refractivity contribution is 7.10. The standard InChI is InChI=1S/C11H10FNS/c12-9-5-3-8(4-6-9)11(13)10-2-1-7-14-10/h1-7,11H,13H2/p+1/t11-/m0/s1. The average molecular weight is 208 g/mol. The van der Waals surface area contributed by atoms with Gasteiger partial charge in [-0.15, -0.1) is 11.3 Å². The molecule has 72 valence electrons. The van der Waals surface area contributed by atoms with Gasteiger partial charge in [0.2, 0.25) is 0 Å². The maximum absolute atomic E-state index is 12.7. The van der Waals surface area contributed by atoms with Gasteiger partial charge in [0.05, 0.1) is 4.88 Å². The SMILES string of the molecule is [NH3+][C@@H](c1ccc(F)cc1)c1cccs1. The summed E-state index contributed by atoms with van der Waals surface area (Å²) < 4.78 is 12.7. The second-order valence-corrected chi connectivity index (χ2v) is 4.10. The second-order valence-electron chi connectivity index (χ2n) is 3.12. The van der Waals surface area contributed by atoms with Gasteiger partial charge >= 0.3 is 0 Å². The predicted octanol–water partition coefficient (Wildman–Crippen LogP) is 2.22. The molecule has 1 atom stereocenters. The first-order valence-electron chi connectivity index (χ1n) is 4.39. The Hall–Kier alpha value is -1.19. The van der Waals surface area contributed by atoms with Crippen LogP contribution in [0, 0.1) is 5.82 Å². The Bertz CT molecular complexity index is 394. The number of hydrogen-bond acceptors (Lipinski definition) is 1. The van der Waals surface area contributed by atoms with Crippen LogP contribution in [0.3, 0.4) is 0 Å². The van der Waals surface area contributed by atoms with Crippen LogP contribution < -0.4 is 5.73 Å². The van der Waals surface area contributed by atoms with E-state index in [4.69, 9.17) is 0 Å². The smallest absolute Gasteiger partial charge is 0.145 e. The molecular weight excluding hydrogens is 197 g/mol. The first-order valence-corrected chi connectivity index (χ1v) is 5.27. The zero-order valence-electron chi connectivity index (χ0n) is 7.61. The fraction of sp³-hybridized carbons (Fsp3) is 0.0909. The summed E-state index contributed by atoms with van der Waals surface area (Å²) >= 11 is 1.67. The Morgan fingerprint density at radius 2 is 1.86 bits per heavy atom. The average Bonchev–Trinajstić information content (AvgIpc) is 2.71. The van der Waals surface area contributed by atoms with Gasteiger partial charge in [0.15, 0.2) is 0 Å². The molecule has 0 spiro atoms. The fourth-order valence-electron chi connectivity index (χ4n) is 1.35. The van der Waals surface area contributed by atoms with E-state index in [1.165, 1.54) is 17.0 Å². The first kappa shape index (κ1) is 9.37. The van der Waals surface area contributed by atoms with Gasteiger partial charge in [0, 0.05) is 5.56 Å². The Kier molecular flexibility index (Phi) is 2.61. The van der Waals surface area contributed by atoms with Gasteiger partial charge in [-0.25, -0.2) is 4.39 Å². The third-order valence-electron chi connectivity index (χ3n) is 2.16. The fourth-order valence-corrected chi connectivity index (χ4v) is 2.12. The van der Waals surface area contributed by atoms with E-state index in [0.29, 0.717) is 0 Å². The van der Waals surface area contributed by atoms with E-state index in [1.807, 2.05) is 17.5 Å². The number of hydrogen-bond donors (Lipinski definition) is 1. The molecule has 0 aliphatic carbocycles. The minimum absolute atomic E-state index is 0.107. The maximum atomic E-state index is 12.7. The van der Waals surface area contributed by atoms with Crippen molar-refractivity contribution < 1.29 is 10.1 Å². The van der Waals surface area contributed by atoms with E-state index < -0.39 is 0 Å². The molecule has 0 bridgehead atoms. The highest BCUT2D eigenvalue weighted by atomic mass is 32.1. The van der Waals surface area contributed by atoms with Crippen LogP contribution >= 0.6 is 11.3 Å². The van der Waals surface area contributed by atoms with Crippen molar-refractivity contribution in [2.75, 3.05) is 0 Å². The van der Waals surface area contributed by atoms with E-state index in [-0.39, 0.29) is 11.9 Å². The Morgan fingerprint density at radius 1 is 1.14 bits per heavy atom. The highest BCUT2D eigenvalue weighted by Crippen LogP contribution is 2.21. The van der Waals surface area contributed by atoms with Crippen LogP contribution in [-0.4, -0.2) is 0 Å². The normalized spacial score (nSPS) is 12.7. The van der Waals surface area contributed by atoms with E-state index in [1.54, 1.807) is 23.5 Å². The van der Waals surface area contributed by atoms with Crippen LogP contribution in [0.2, 0.25) is 0 Å². The minimum atomic E-state index is -0.202. The molecule has 1 aromatic carbocycles. The Balaban J connectivity index is 2.28. The van der Waals surface area contributed by atoms with Crippen LogP contribution in [0.4, 0.5) is 4.39 Å². The quantitative estimate of drug-likeness (QED) is 0.783. The minimum Gasteiger partial charge on any atom is -0.347 e. The lowest BCUT2D eigenvalue weighted by atomic mass is 10.1. The molecule has 2 aromatic rings. The van der Waals surface area contributed by atoms with Gasteiger partial charge in [-0.3, -0.25) is 0 Å². The second kappa shape index (κ2) is 3.90. The number of quaternary nitrogens is 1. The lowest BCUT2D eigenvalue weighted by Gasteiger charge is -2.05. The van der Waals surface area contributed by atoms with Crippen LogP contribution in [0.1, 0.15) is 16.5 Å². The Labute approximate surface area is 86.0 Å². The maximum Gasteiger partial charge on any atom is 0.145 e. The molecule has 0 unspecified atom stereocenters. The van der Waals surface area contributed by atoms with E-state index >= 15 is 0 Å².